The molecular weight excluding hydrogens is 374 g/mol. The van der Waals surface area contributed by atoms with Crippen LogP contribution >= 0.6 is 0 Å². The van der Waals surface area contributed by atoms with Gasteiger partial charge in [-0.1, -0.05) is 30.3 Å². The van der Waals surface area contributed by atoms with E-state index >= 15 is 0 Å². The van der Waals surface area contributed by atoms with Gasteiger partial charge in [-0.15, -0.1) is 0 Å². The quantitative estimate of drug-likeness (QED) is 0.511. The first kappa shape index (κ1) is 17.9. The molecule has 0 saturated carbocycles. The zero-order valence-corrected chi connectivity index (χ0v) is 16.1. The molecule has 0 bridgehead atoms. The predicted molar refractivity (Wildman–Crippen MR) is 107 cm³/mol. The van der Waals surface area contributed by atoms with Crippen molar-refractivity contribution < 1.29 is 9.15 Å². The zero-order chi connectivity index (χ0) is 20.0. The summed E-state index contributed by atoms with van der Waals surface area (Å²) in [6, 6.07) is 9.62. The van der Waals surface area contributed by atoms with Crippen LogP contribution in [0.3, 0.4) is 0 Å². The zero-order valence-electron chi connectivity index (χ0n) is 16.1. The van der Waals surface area contributed by atoms with E-state index in [0.717, 1.165) is 18.7 Å². The molecule has 3 aromatic heterocycles. The van der Waals surface area contributed by atoms with Crippen LogP contribution in [0.2, 0.25) is 0 Å². The van der Waals surface area contributed by atoms with E-state index in [4.69, 9.17) is 9.15 Å². The lowest BCUT2D eigenvalue weighted by Gasteiger charge is -2.26. The second-order valence-corrected chi connectivity index (χ2v) is 7.15. The summed E-state index contributed by atoms with van der Waals surface area (Å²) in [5, 5.41) is 0. The topological polar surface area (TPSA) is 86.9 Å². The van der Waals surface area contributed by atoms with Crippen molar-refractivity contribution in [2.45, 2.75) is 6.54 Å². The third-order valence-electron chi connectivity index (χ3n) is 5.39. The smallest absolute Gasteiger partial charge is 0.332 e. The van der Waals surface area contributed by atoms with Crippen molar-refractivity contribution in [1.82, 2.24) is 23.4 Å². The van der Waals surface area contributed by atoms with Crippen LogP contribution in [-0.2, 0) is 18.3 Å². The number of imidazole rings is 1. The van der Waals surface area contributed by atoms with E-state index in [9.17, 15) is 9.59 Å². The molecule has 1 saturated heterocycles. The summed E-state index contributed by atoms with van der Waals surface area (Å²) < 4.78 is 15.5. The number of ether oxygens (including phenoxy) is 1. The lowest BCUT2D eigenvalue weighted by atomic mass is 10.2. The Morgan fingerprint density at radius 3 is 2.59 bits per heavy atom. The molecule has 9 nitrogen and oxygen atoms in total. The van der Waals surface area contributed by atoms with Gasteiger partial charge in [0.15, 0.2) is 16.9 Å². The summed E-state index contributed by atoms with van der Waals surface area (Å²) in [6.45, 7) is 3.89. The Balaban J connectivity index is 1.60. The maximum Gasteiger partial charge on any atom is 0.332 e. The van der Waals surface area contributed by atoms with Gasteiger partial charge < -0.3 is 9.15 Å². The number of rotatable bonds is 4. The second kappa shape index (κ2) is 7.02. The van der Waals surface area contributed by atoms with Gasteiger partial charge in [-0.05, 0) is 0 Å². The van der Waals surface area contributed by atoms with Crippen LogP contribution in [0.25, 0.3) is 28.3 Å². The first-order chi connectivity index (χ1) is 14.1. The molecule has 1 aliphatic rings. The number of aromatic nitrogens is 4. The molecule has 1 aliphatic heterocycles. The number of oxazole rings is 1. The van der Waals surface area contributed by atoms with Crippen molar-refractivity contribution in [3.8, 4) is 11.3 Å². The summed E-state index contributed by atoms with van der Waals surface area (Å²) in [5.41, 5.74) is 0.823. The number of hydrogen-bond acceptors (Lipinski definition) is 6. The molecule has 4 heterocycles. The maximum atomic E-state index is 13.2. The fraction of sp³-hybridized carbons (Fsp3) is 0.350. The molecular formula is C20H21N5O4. The molecule has 29 heavy (non-hydrogen) atoms. The van der Waals surface area contributed by atoms with Gasteiger partial charge in [-0.2, -0.15) is 4.98 Å². The van der Waals surface area contributed by atoms with E-state index in [1.165, 1.54) is 9.13 Å². The highest BCUT2D eigenvalue weighted by molar-refractivity contribution is 5.76. The van der Waals surface area contributed by atoms with Crippen molar-refractivity contribution in [1.29, 1.82) is 0 Å². The van der Waals surface area contributed by atoms with Crippen molar-refractivity contribution >= 4 is 17.0 Å². The third kappa shape index (κ3) is 2.99. The van der Waals surface area contributed by atoms with E-state index in [1.807, 2.05) is 30.3 Å². The van der Waals surface area contributed by atoms with Crippen molar-refractivity contribution in [2.24, 2.45) is 7.05 Å². The molecule has 0 N–H and O–H groups in total. The fourth-order valence-electron chi connectivity index (χ4n) is 3.75. The number of hydrogen-bond donors (Lipinski definition) is 0. The van der Waals surface area contributed by atoms with Crippen molar-refractivity contribution in [3.05, 3.63) is 57.4 Å². The molecule has 4 aromatic rings. The molecule has 0 amide bonds. The van der Waals surface area contributed by atoms with Gasteiger partial charge in [-0.3, -0.25) is 23.2 Å². The minimum absolute atomic E-state index is 0.289. The Hall–Kier alpha value is -3.17. The van der Waals surface area contributed by atoms with E-state index in [2.05, 4.69) is 9.88 Å². The van der Waals surface area contributed by atoms with Gasteiger partial charge in [0.1, 0.15) is 0 Å². The molecule has 0 radical (unpaired) electrons. The summed E-state index contributed by atoms with van der Waals surface area (Å²) >= 11 is 0. The fourth-order valence-corrected chi connectivity index (χ4v) is 3.75. The van der Waals surface area contributed by atoms with Gasteiger partial charge in [0.25, 0.3) is 5.56 Å². The van der Waals surface area contributed by atoms with Crippen LogP contribution < -0.4 is 11.2 Å². The van der Waals surface area contributed by atoms with Crippen LogP contribution in [0, 0.1) is 0 Å². The first-order valence-corrected chi connectivity index (χ1v) is 9.60. The Bertz CT molecular complexity index is 1290. The third-order valence-corrected chi connectivity index (χ3v) is 5.39. The Labute approximate surface area is 165 Å². The normalized spacial score (nSPS) is 15.5. The average molecular weight is 395 g/mol. The molecule has 0 atom stereocenters. The van der Waals surface area contributed by atoms with Gasteiger partial charge in [-0.25, -0.2) is 4.79 Å². The second-order valence-electron chi connectivity index (χ2n) is 7.15. The summed E-state index contributed by atoms with van der Waals surface area (Å²) in [5.74, 6) is 0.903. The lowest BCUT2D eigenvalue weighted by molar-refractivity contribution is 0.0361. The number of fused-ring (bicyclic) bond motifs is 3. The predicted octanol–water partition coefficient (Wildman–Crippen LogP) is 0.940. The summed E-state index contributed by atoms with van der Waals surface area (Å²) in [6.07, 6.45) is 1.75. The van der Waals surface area contributed by atoms with Crippen molar-refractivity contribution in [3.63, 3.8) is 0 Å². The largest absolute Gasteiger partial charge is 0.423 e. The molecule has 9 heteroatoms. The number of nitrogens with zero attached hydrogens (tertiary/aromatic N) is 5. The van der Waals surface area contributed by atoms with Crippen LogP contribution in [-0.4, -0.2) is 56.3 Å². The summed E-state index contributed by atoms with van der Waals surface area (Å²) in [7, 11) is 1.62. The molecule has 0 unspecified atom stereocenters. The number of morpholine rings is 1. The Morgan fingerprint density at radius 1 is 1.07 bits per heavy atom. The number of benzene rings is 1. The molecule has 1 fully saturated rings. The van der Waals surface area contributed by atoms with E-state index < -0.39 is 0 Å². The van der Waals surface area contributed by atoms with E-state index in [-0.39, 0.29) is 17.1 Å². The minimum atomic E-state index is -0.375. The minimum Gasteiger partial charge on any atom is -0.423 e. The van der Waals surface area contributed by atoms with Crippen LogP contribution in [0.15, 0.2) is 50.5 Å². The van der Waals surface area contributed by atoms with Crippen molar-refractivity contribution in [2.75, 3.05) is 32.8 Å². The highest BCUT2D eigenvalue weighted by Gasteiger charge is 2.20. The monoisotopic (exact) mass is 395 g/mol. The SMILES string of the molecule is Cn1c(=O)n(CCN2CCOCC2)c(=O)c2c1nc1oc(-c3ccccc3)cn12. The van der Waals surface area contributed by atoms with Gasteiger partial charge >= 0.3 is 11.5 Å². The molecule has 0 aliphatic carbocycles. The van der Waals surface area contributed by atoms with E-state index in [0.29, 0.717) is 43.2 Å². The molecule has 150 valence electrons. The first-order valence-electron chi connectivity index (χ1n) is 9.60. The molecule has 1 aromatic carbocycles. The maximum absolute atomic E-state index is 13.2. The highest BCUT2D eigenvalue weighted by atomic mass is 16.5. The Morgan fingerprint density at radius 2 is 1.83 bits per heavy atom. The Kier molecular flexibility index (Phi) is 4.33. The highest BCUT2D eigenvalue weighted by Crippen LogP contribution is 2.24. The summed E-state index contributed by atoms with van der Waals surface area (Å²) in [4.78, 5) is 32.5. The van der Waals surface area contributed by atoms with Crippen LogP contribution in [0.1, 0.15) is 0 Å². The number of aryl methyl sites for hydroxylation is 1. The standard InChI is InChI=1S/C20H21N5O4/c1-22-17-16(18(26)24(20(22)27)8-7-23-9-11-28-12-10-23)25-13-15(29-19(25)21-17)14-5-3-2-4-6-14/h2-6,13H,7-12H2,1H3. The van der Waals surface area contributed by atoms with Gasteiger partial charge in [0, 0.05) is 38.8 Å². The van der Waals surface area contributed by atoms with Crippen LogP contribution in [0.5, 0.6) is 0 Å². The van der Waals surface area contributed by atoms with Crippen LogP contribution in [0.4, 0.5) is 0 Å². The average Bonchev–Trinajstić information content (AvgIpc) is 3.32. The molecule has 5 rings (SSSR count). The van der Waals surface area contributed by atoms with Gasteiger partial charge in [0.2, 0.25) is 0 Å². The lowest BCUT2D eigenvalue weighted by Crippen LogP contribution is -2.44. The van der Waals surface area contributed by atoms with Gasteiger partial charge in [0.05, 0.1) is 19.4 Å². The van der Waals surface area contributed by atoms with E-state index in [1.54, 1.807) is 17.6 Å². The molecule has 0 spiro atoms.